The van der Waals surface area contributed by atoms with Crippen molar-refractivity contribution in [3.8, 4) is 0 Å². The highest BCUT2D eigenvalue weighted by Crippen LogP contribution is 2.58. The number of hydrogen-bond acceptors (Lipinski definition) is 5. The van der Waals surface area contributed by atoms with Crippen molar-refractivity contribution < 1.29 is 24.2 Å². The summed E-state index contributed by atoms with van der Waals surface area (Å²) in [5.41, 5.74) is -1.49. The molecule has 4 aliphatic heterocycles. The molecule has 2 fully saturated rings. The van der Waals surface area contributed by atoms with E-state index in [0.29, 0.717) is 25.9 Å². The molecule has 0 aliphatic carbocycles. The third-order valence-corrected chi connectivity index (χ3v) is 8.22. The highest BCUT2D eigenvalue weighted by molar-refractivity contribution is 6.04. The lowest BCUT2D eigenvalue weighted by Gasteiger charge is -2.39. The predicted molar refractivity (Wildman–Crippen MR) is 135 cm³/mol. The van der Waals surface area contributed by atoms with Gasteiger partial charge in [0.05, 0.1) is 17.4 Å². The highest BCUT2D eigenvalue weighted by Gasteiger charge is 2.75. The zero-order chi connectivity index (χ0) is 25.7. The first kappa shape index (κ1) is 24.7. The summed E-state index contributed by atoms with van der Waals surface area (Å²) in [6.45, 7) is 6.79. The third-order valence-electron chi connectivity index (χ3n) is 8.22. The number of amides is 3. The number of rotatable bonds is 6. The van der Waals surface area contributed by atoms with E-state index in [-0.39, 0.29) is 36.9 Å². The van der Waals surface area contributed by atoms with Crippen LogP contribution in [0.1, 0.15) is 33.6 Å². The number of carbonyl (C=O) groups is 3. The van der Waals surface area contributed by atoms with Gasteiger partial charge in [0.15, 0.2) is 0 Å². The molecule has 1 N–H and O–H groups in total. The summed E-state index contributed by atoms with van der Waals surface area (Å²) in [5, 5.41) is 9.53. The number of benzene rings is 1. The second kappa shape index (κ2) is 9.16. The van der Waals surface area contributed by atoms with Crippen molar-refractivity contribution in [2.24, 2.45) is 11.8 Å². The molecule has 0 radical (unpaired) electrons. The number of nitrogens with zero attached hydrogens (tertiary/aromatic N) is 3. The molecule has 5 atom stereocenters. The molecule has 0 aromatic heterocycles. The Hall–Kier alpha value is -2.97. The molecule has 3 amide bonds. The molecule has 4 heterocycles. The van der Waals surface area contributed by atoms with E-state index in [1.54, 1.807) is 14.7 Å². The largest absolute Gasteiger partial charge is 0.396 e. The maximum absolute atomic E-state index is 14.3. The molecular formula is C28H35N3O5. The van der Waals surface area contributed by atoms with Gasteiger partial charge in [0.25, 0.3) is 0 Å². The van der Waals surface area contributed by atoms with Crippen LogP contribution in [0.15, 0.2) is 54.6 Å². The zero-order valence-corrected chi connectivity index (χ0v) is 21.2. The van der Waals surface area contributed by atoms with E-state index in [4.69, 9.17) is 4.74 Å². The topological polar surface area (TPSA) is 90.4 Å². The Morgan fingerprint density at radius 1 is 1.00 bits per heavy atom. The average Bonchev–Trinajstić information content (AvgIpc) is 3.15. The Morgan fingerprint density at radius 2 is 1.72 bits per heavy atom. The molecule has 192 valence electrons. The maximum Gasteiger partial charge on any atom is 0.249 e. The number of carbonyl (C=O) groups excluding carboxylic acids is 3. The van der Waals surface area contributed by atoms with Crippen molar-refractivity contribution >= 4 is 23.4 Å². The van der Waals surface area contributed by atoms with E-state index >= 15 is 0 Å². The van der Waals surface area contributed by atoms with Gasteiger partial charge in [-0.05, 0) is 38.8 Å². The third kappa shape index (κ3) is 3.45. The van der Waals surface area contributed by atoms with Crippen molar-refractivity contribution in [3.63, 3.8) is 0 Å². The molecule has 8 nitrogen and oxygen atoms in total. The van der Waals surface area contributed by atoms with Crippen LogP contribution in [-0.2, 0) is 19.1 Å². The van der Waals surface area contributed by atoms with Crippen molar-refractivity contribution in [1.29, 1.82) is 0 Å². The zero-order valence-electron chi connectivity index (χ0n) is 21.2. The van der Waals surface area contributed by atoms with E-state index in [1.165, 1.54) is 0 Å². The summed E-state index contributed by atoms with van der Waals surface area (Å²) >= 11 is 0. The molecule has 0 bridgehead atoms. The highest BCUT2D eigenvalue weighted by atomic mass is 16.5. The Labute approximate surface area is 212 Å². The first-order valence-corrected chi connectivity index (χ1v) is 12.9. The first-order chi connectivity index (χ1) is 17.3. The number of aliphatic hydroxyl groups is 1. The smallest absolute Gasteiger partial charge is 0.249 e. The van der Waals surface area contributed by atoms with Crippen LogP contribution in [-0.4, -0.2) is 82.2 Å². The fourth-order valence-electron chi connectivity index (χ4n) is 6.56. The van der Waals surface area contributed by atoms with Gasteiger partial charge in [0, 0.05) is 38.0 Å². The Bertz CT molecular complexity index is 1100. The fourth-order valence-corrected chi connectivity index (χ4v) is 6.56. The van der Waals surface area contributed by atoms with Crippen LogP contribution >= 0.6 is 0 Å². The SMILES string of the molecule is CC[C@]12C=CCN(c3ccccc3)C(=O)[C@H]1[C@H]1C(=O)N(CCCO)C3C(=O)N(C(C)C)CC=C[C@@]31O2. The number of hydrogen-bond donors (Lipinski definition) is 1. The van der Waals surface area contributed by atoms with Crippen molar-refractivity contribution in [3.05, 3.63) is 54.6 Å². The standard InChI is InChI=1S/C28H35N3O5/c1-4-27-13-8-16-30(20-11-6-5-7-12-20)24(33)21(27)22-25(34)31(17-10-18-32)23-26(35)29(19(2)3)15-9-14-28(22,23)36-27/h5-9,11-14,19,21-23,32H,4,10,15-18H2,1-3H3/t21-,22+,23?,27+,28+/m1/s1. The number of ether oxygens (including phenoxy) is 1. The predicted octanol–water partition coefficient (Wildman–Crippen LogP) is 2.14. The molecule has 5 rings (SSSR count). The Morgan fingerprint density at radius 3 is 2.39 bits per heavy atom. The summed E-state index contributed by atoms with van der Waals surface area (Å²) in [6.07, 6.45) is 8.50. The Balaban J connectivity index is 1.66. The molecule has 4 aliphatic rings. The lowest BCUT2D eigenvalue weighted by Crippen LogP contribution is -2.57. The molecule has 36 heavy (non-hydrogen) atoms. The average molecular weight is 494 g/mol. The van der Waals surface area contributed by atoms with Crippen LogP contribution in [0.4, 0.5) is 5.69 Å². The van der Waals surface area contributed by atoms with Crippen LogP contribution in [0.5, 0.6) is 0 Å². The van der Waals surface area contributed by atoms with Gasteiger partial charge in [-0.1, -0.05) is 49.4 Å². The quantitative estimate of drug-likeness (QED) is 0.614. The molecule has 0 saturated carbocycles. The van der Waals surface area contributed by atoms with Crippen molar-refractivity contribution in [1.82, 2.24) is 9.80 Å². The van der Waals surface area contributed by atoms with Gasteiger partial charge in [0.1, 0.15) is 11.6 Å². The lowest BCUT2D eigenvalue weighted by atomic mass is 9.73. The van der Waals surface area contributed by atoms with Gasteiger partial charge in [-0.2, -0.15) is 0 Å². The van der Waals surface area contributed by atoms with E-state index in [0.717, 1.165) is 5.69 Å². The fraction of sp³-hybridized carbons (Fsp3) is 0.536. The first-order valence-electron chi connectivity index (χ1n) is 12.9. The minimum atomic E-state index is -1.26. The monoisotopic (exact) mass is 493 g/mol. The summed E-state index contributed by atoms with van der Waals surface area (Å²) < 4.78 is 6.92. The number of anilines is 1. The van der Waals surface area contributed by atoms with Crippen LogP contribution in [0.3, 0.4) is 0 Å². The minimum Gasteiger partial charge on any atom is -0.396 e. The van der Waals surface area contributed by atoms with Crippen LogP contribution < -0.4 is 4.90 Å². The van der Waals surface area contributed by atoms with Gasteiger partial charge in [-0.25, -0.2) is 0 Å². The van der Waals surface area contributed by atoms with Gasteiger partial charge in [-0.15, -0.1) is 0 Å². The number of aliphatic hydroxyl groups excluding tert-OH is 1. The summed E-state index contributed by atoms with van der Waals surface area (Å²) in [7, 11) is 0. The number of para-hydroxylation sites is 1. The summed E-state index contributed by atoms with van der Waals surface area (Å²) in [4.78, 5) is 47.5. The molecule has 1 unspecified atom stereocenters. The van der Waals surface area contributed by atoms with Crippen LogP contribution in [0.25, 0.3) is 0 Å². The van der Waals surface area contributed by atoms with Crippen molar-refractivity contribution in [2.45, 2.75) is 56.9 Å². The van der Waals surface area contributed by atoms with Gasteiger partial charge < -0.3 is 24.5 Å². The summed E-state index contributed by atoms with van der Waals surface area (Å²) in [5.74, 6) is -2.22. The maximum atomic E-state index is 14.3. The van der Waals surface area contributed by atoms with Gasteiger partial charge in [-0.3, -0.25) is 14.4 Å². The van der Waals surface area contributed by atoms with E-state index < -0.39 is 29.1 Å². The second-order valence-corrected chi connectivity index (χ2v) is 10.4. The van der Waals surface area contributed by atoms with E-state index in [2.05, 4.69) is 0 Å². The number of fused-ring (bicyclic) bond motifs is 2. The van der Waals surface area contributed by atoms with Crippen LogP contribution in [0.2, 0.25) is 0 Å². The molecule has 1 spiro atoms. The molecule has 8 heteroatoms. The molecule has 2 saturated heterocycles. The van der Waals surface area contributed by atoms with Crippen molar-refractivity contribution in [2.75, 3.05) is 31.1 Å². The second-order valence-electron chi connectivity index (χ2n) is 10.4. The molecule has 1 aromatic carbocycles. The van der Waals surface area contributed by atoms with Gasteiger partial charge >= 0.3 is 0 Å². The normalized spacial score (nSPS) is 33.6. The molecular weight excluding hydrogens is 458 g/mol. The minimum absolute atomic E-state index is 0.0618. The van der Waals surface area contributed by atoms with Gasteiger partial charge in [0.2, 0.25) is 17.7 Å². The van der Waals surface area contributed by atoms with E-state index in [9.17, 15) is 19.5 Å². The van der Waals surface area contributed by atoms with E-state index in [1.807, 2.05) is 75.4 Å². The van der Waals surface area contributed by atoms with Crippen LogP contribution in [0, 0.1) is 11.8 Å². The lowest BCUT2D eigenvalue weighted by molar-refractivity contribution is -0.153. The number of likely N-dealkylation sites (tertiary alicyclic amines) is 1. The molecule has 1 aromatic rings. The Kier molecular flexibility index (Phi) is 6.29. The summed E-state index contributed by atoms with van der Waals surface area (Å²) in [6, 6.07) is 8.50.